The third-order valence-corrected chi connectivity index (χ3v) is 4.37. The Bertz CT molecular complexity index is 992. The molecule has 3 heterocycles. The highest BCUT2D eigenvalue weighted by Gasteiger charge is 2.42. The summed E-state index contributed by atoms with van der Waals surface area (Å²) in [5.74, 6) is -2.94. The van der Waals surface area contributed by atoms with Crippen LogP contribution in [0.1, 0.15) is 15.4 Å². The smallest absolute Gasteiger partial charge is 0.383 e. The number of nitrogens with zero attached hydrogens (tertiary/aromatic N) is 4. The molecule has 3 aromatic heterocycles. The molecule has 142 valence electrons. The number of carbonyl (C=O) groups is 1. The monoisotopic (exact) mass is 407 g/mol. The van der Waals surface area contributed by atoms with Crippen molar-refractivity contribution in [3.8, 4) is 16.4 Å². The molecule has 0 radical (unpaired) electrons. The predicted octanol–water partition coefficient (Wildman–Crippen LogP) is 3.74. The first kappa shape index (κ1) is 18.8. The highest BCUT2D eigenvalue weighted by molar-refractivity contribution is 7.17. The quantitative estimate of drug-likeness (QED) is 0.528. The molecule has 0 amide bonds. The Kier molecular flexibility index (Phi) is 4.41. The molecule has 0 saturated heterocycles. The van der Waals surface area contributed by atoms with Gasteiger partial charge in [-0.25, -0.2) is 9.97 Å². The van der Waals surface area contributed by atoms with Crippen LogP contribution in [0.3, 0.4) is 0 Å². The van der Waals surface area contributed by atoms with Crippen molar-refractivity contribution in [2.24, 2.45) is 0 Å². The summed E-state index contributed by atoms with van der Waals surface area (Å²) in [5.41, 5.74) is 3.67. The van der Waals surface area contributed by atoms with Gasteiger partial charge in [0.25, 0.3) is 11.7 Å². The van der Waals surface area contributed by atoms with Crippen molar-refractivity contribution in [2.45, 2.75) is 12.4 Å². The van der Waals surface area contributed by atoms with E-state index in [4.69, 9.17) is 5.73 Å². The third kappa shape index (κ3) is 3.49. The van der Waals surface area contributed by atoms with Crippen LogP contribution in [-0.4, -0.2) is 31.7 Å². The summed E-state index contributed by atoms with van der Waals surface area (Å²) in [6.45, 7) is 0. The Morgan fingerprint density at radius 2 is 1.70 bits per heavy atom. The average molecular weight is 407 g/mol. The van der Waals surface area contributed by atoms with Gasteiger partial charge in [-0.15, -0.1) is 11.3 Å². The number of halogens is 6. The van der Waals surface area contributed by atoms with Crippen LogP contribution in [0, 0.1) is 0 Å². The van der Waals surface area contributed by atoms with Crippen LogP contribution in [0.4, 0.5) is 32.2 Å². The molecule has 13 heteroatoms. The van der Waals surface area contributed by atoms with Gasteiger partial charge in [0, 0.05) is 17.3 Å². The van der Waals surface area contributed by atoms with Crippen LogP contribution >= 0.6 is 11.3 Å². The topological polar surface area (TPSA) is 86.7 Å². The zero-order chi connectivity index (χ0) is 20.0. The van der Waals surface area contributed by atoms with Gasteiger partial charge in [-0.05, 0) is 18.2 Å². The first-order chi connectivity index (χ1) is 12.5. The fourth-order valence-electron chi connectivity index (χ4n) is 2.16. The summed E-state index contributed by atoms with van der Waals surface area (Å²) >= 11 is 0.230. The summed E-state index contributed by atoms with van der Waals surface area (Å²) in [7, 11) is 0. The van der Waals surface area contributed by atoms with Gasteiger partial charge >= 0.3 is 12.4 Å². The normalized spacial score (nSPS) is 12.4. The molecule has 0 atom stereocenters. The number of Topliss-reactive ketones (excluding diaryl/α,β-unsaturated/α-hetero) is 1. The SMILES string of the molecule is Nc1c(-c2ccc(C(=O)C(F)(F)F)s2)c(C(F)(F)F)nn1-c1ncccn1. The van der Waals surface area contributed by atoms with E-state index in [-0.39, 0.29) is 22.2 Å². The maximum Gasteiger partial charge on any atom is 0.455 e. The minimum absolute atomic E-state index is 0.230. The Balaban J connectivity index is 2.17. The molecule has 0 aliphatic rings. The minimum Gasteiger partial charge on any atom is -0.383 e. The summed E-state index contributed by atoms with van der Waals surface area (Å²) in [4.78, 5) is 17.7. The van der Waals surface area contributed by atoms with Crippen molar-refractivity contribution in [1.82, 2.24) is 19.7 Å². The molecule has 0 bridgehead atoms. The summed E-state index contributed by atoms with van der Waals surface area (Å²) < 4.78 is 78.4. The lowest BCUT2D eigenvalue weighted by molar-refractivity contribution is -0.140. The second kappa shape index (κ2) is 6.33. The van der Waals surface area contributed by atoms with E-state index in [0.29, 0.717) is 4.68 Å². The van der Waals surface area contributed by atoms with Crippen LogP contribution in [0.2, 0.25) is 0 Å². The van der Waals surface area contributed by atoms with E-state index in [1.807, 2.05) is 0 Å². The fraction of sp³-hybridized carbons (Fsp3) is 0.143. The van der Waals surface area contributed by atoms with Gasteiger partial charge in [0.1, 0.15) is 5.82 Å². The molecular formula is C14H7F6N5OS. The van der Waals surface area contributed by atoms with E-state index in [9.17, 15) is 31.1 Å². The lowest BCUT2D eigenvalue weighted by Crippen LogP contribution is -2.21. The van der Waals surface area contributed by atoms with E-state index in [0.717, 1.165) is 12.1 Å². The summed E-state index contributed by atoms with van der Waals surface area (Å²) in [6, 6.07) is 3.15. The third-order valence-electron chi connectivity index (χ3n) is 3.26. The van der Waals surface area contributed by atoms with Crippen LogP contribution in [0.15, 0.2) is 30.6 Å². The van der Waals surface area contributed by atoms with Gasteiger partial charge in [0.2, 0.25) is 0 Å². The van der Waals surface area contributed by atoms with Crippen LogP contribution in [-0.2, 0) is 6.18 Å². The van der Waals surface area contributed by atoms with Crippen molar-refractivity contribution in [3.63, 3.8) is 0 Å². The van der Waals surface area contributed by atoms with Crippen molar-refractivity contribution >= 4 is 22.9 Å². The van der Waals surface area contributed by atoms with Gasteiger partial charge < -0.3 is 5.73 Å². The molecule has 0 unspecified atom stereocenters. The van der Waals surface area contributed by atoms with Gasteiger partial charge in [0.05, 0.1) is 10.4 Å². The average Bonchev–Trinajstić information content (AvgIpc) is 3.18. The van der Waals surface area contributed by atoms with Crippen molar-refractivity contribution in [3.05, 3.63) is 41.2 Å². The van der Waals surface area contributed by atoms with Crippen LogP contribution in [0.25, 0.3) is 16.4 Å². The zero-order valence-electron chi connectivity index (χ0n) is 12.8. The first-order valence-electron chi connectivity index (χ1n) is 6.95. The number of anilines is 1. The fourth-order valence-corrected chi connectivity index (χ4v) is 3.18. The van der Waals surface area contributed by atoms with Crippen molar-refractivity contribution in [1.29, 1.82) is 0 Å². The number of aromatic nitrogens is 4. The summed E-state index contributed by atoms with van der Waals surface area (Å²) in [5, 5.41) is 3.37. The van der Waals surface area contributed by atoms with E-state index in [1.165, 1.54) is 18.5 Å². The minimum atomic E-state index is -5.15. The highest BCUT2D eigenvalue weighted by Crippen LogP contribution is 2.43. The highest BCUT2D eigenvalue weighted by atomic mass is 32.1. The molecule has 0 fully saturated rings. The van der Waals surface area contributed by atoms with Gasteiger partial charge in [-0.1, -0.05) is 0 Å². The lowest BCUT2D eigenvalue weighted by atomic mass is 10.2. The van der Waals surface area contributed by atoms with Gasteiger partial charge in [-0.3, -0.25) is 4.79 Å². The Morgan fingerprint density at radius 1 is 1.07 bits per heavy atom. The van der Waals surface area contributed by atoms with Gasteiger partial charge in [0.15, 0.2) is 5.69 Å². The predicted molar refractivity (Wildman–Crippen MR) is 82.3 cm³/mol. The van der Waals surface area contributed by atoms with Crippen LogP contribution in [0.5, 0.6) is 0 Å². The Labute approximate surface area is 150 Å². The van der Waals surface area contributed by atoms with Crippen molar-refractivity contribution in [2.75, 3.05) is 5.73 Å². The number of hydrogen-bond acceptors (Lipinski definition) is 6. The van der Waals surface area contributed by atoms with Crippen LogP contribution < -0.4 is 5.73 Å². The number of rotatable bonds is 3. The van der Waals surface area contributed by atoms with E-state index < -0.39 is 40.1 Å². The molecular weight excluding hydrogens is 400 g/mol. The molecule has 27 heavy (non-hydrogen) atoms. The zero-order valence-corrected chi connectivity index (χ0v) is 13.7. The maximum atomic E-state index is 13.4. The largest absolute Gasteiger partial charge is 0.455 e. The number of ketones is 1. The molecule has 0 aromatic carbocycles. The molecule has 6 nitrogen and oxygen atoms in total. The number of nitrogen functional groups attached to an aromatic ring is 1. The molecule has 0 saturated carbocycles. The number of carbonyl (C=O) groups excluding carboxylic acids is 1. The maximum absolute atomic E-state index is 13.4. The number of alkyl halides is 6. The molecule has 3 aromatic rings. The number of nitrogens with two attached hydrogens (primary N) is 1. The Morgan fingerprint density at radius 3 is 2.26 bits per heavy atom. The van der Waals surface area contributed by atoms with Crippen molar-refractivity contribution < 1.29 is 31.1 Å². The van der Waals surface area contributed by atoms with E-state index >= 15 is 0 Å². The first-order valence-corrected chi connectivity index (χ1v) is 7.76. The van der Waals surface area contributed by atoms with E-state index in [2.05, 4.69) is 15.1 Å². The summed E-state index contributed by atoms with van der Waals surface area (Å²) in [6.07, 6.45) is -7.60. The molecule has 3 rings (SSSR count). The molecule has 0 aliphatic carbocycles. The second-order valence-electron chi connectivity index (χ2n) is 5.06. The lowest BCUT2D eigenvalue weighted by Gasteiger charge is -2.05. The molecule has 0 spiro atoms. The van der Waals surface area contributed by atoms with E-state index in [1.54, 1.807) is 0 Å². The standard InChI is InChI=1S/C14H7F6N5OS/c15-13(16,17)9-8(6-2-3-7(27-6)10(26)14(18,19)20)11(21)25(24-9)12-22-4-1-5-23-12/h1-5H,21H2. The molecule has 2 N–H and O–H groups in total. The number of thiophene rings is 1. The second-order valence-corrected chi connectivity index (χ2v) is 6.14. The number of hydrogen-bond donors (Lipinski definition) is 1. The Hall–Kier alpha value is -2.96. The van der Waals surface area contributed by atoms with Gasteiger partial charge in [-0.2, -0.15) is 36.1 Å². The molecule has 0 aliphatic heterocycles.